The number of carbonyl (C=O) groups excluding carboxylic acids is 2. The number of hydrogen-bond acceptors (Lipinski definition) is 7. The minimum absolute atomic E-state index is 0.0181. The van der Waals surface area contributed by atoms with Crippen LogP contribution in [0.4, 0.5) is 15.3 Å². The molecule has 10 heteroatoms. The molecule has 0 unspecified atom stereocenters. The van der Waals surface area contributed by atoms with E-state index >= 15 is 0 Å². The Balaban J connectivity index is 1.15. The molecule has 2 N–H and O–H groups in total. The summed E-state index contributed by atoms with van der Waals surface area (Å²) < 4.78 is 13.8. The molecule has 186 valence electrons. The molecular weight excluding hydrogens is 479 g/mol. The second-order valence-electron chi connectivity index (χ2n) is 8.42. The quantitative estimate of drug-likeness (QED) is 0.355. The molecule has 0 fully saturated rings. The number of carbonyl (C=O) groups is 2. The number of nitrogens with zero attached hydrogens (tertiary/aromatic N) is 4. The first-order valence-electron chi connectivity index (χ1n) is 11.9. The predicted molar refractivity (Wildman–Crippen MR) is 137 cm³/mol. The Labute approximate surface area is 212 Å². The zero-order valence-corrected chi connectivity index (χ0v) is 20.6. The zero-order chi connectivity index (χ0) is 25.2. The highest BCUT2D eigenvalue weighted by Crippen LogP contribution is 2.23. The highest BCUT2D eigenvalue weighted by Gasteiger charge is 2.13. The molecule has 2 amide bonds. The van der Waals surface area contributed by atoms with E-state index in [0.29, 0.717) is 35.8 Å². The van der Waals surface area contributed by atoms with Gasteiger partial charge in [0.25, 0.3) is 0 Å². The minimum Gasteiger partial charge on any atom is -0.309 e. The molecule has 2 aromatic heterocycles. The standard InChI is InChI=1S/C26H27FN6O2S/c27-21-12-6-4-10-19(21)17-24(35)28-22-15-14-20(30-31-22)11-5-7-13-25-32-33-26(36-25)29-23(34)16-18-8-2-1-3-9-18/h1-4,8-10,14-15H,5-7,11-13,16-17H2,(H,28,31,35)(H,29,33,34). The van der Waals surface area contributed by atoms with Crippen molar-refractivity contribution in [2.75, 3.05) is 10.6 Å². The topological polar surface area (TPSA) is 110 Å². The minimum atomic E-state index is -0.318. The fraction of sp³-hybridized carbons (Fsp3) is 0.308. The van der Waals surface area contributed by atoms with Gasteiger partial charge in [-0.1, -0.05) is 53.8 Å². The number of aryl methyl sites for hydroxylation is 2. The molecule has 0 spiro atoms. The van der Waals surface area contributed by atoms with Gasteiger partial charge in [0.1, 0.15) is 10.8 Å². The summed E-state index contributed by atoms with van der Waals surface area (Å²) in [6.07, 6.45) is 8.10. The average Bonchev–Trinajstić information content (AvgIpc) is 3.31. The first-order chi connectivity index (χ1) is 17.5. The summed E-state index contributed by atoms with van der Waals surface area (Å²) in [7, 11) is 0. The number of halogens is 1. The summed E-state index contributed by atoms with van der Waals surface area (Å²) in [5, 5.41) is 23.3. The van der Waals surface area contributed by atoms with E-state index in [0.717, 1.165) is 41.9 Å². The van der Waals surface area contributed by atoms with Crippen LogP contribution in [-0.4, -0.2) is 32.2 Å². The Morgan fingerprint density at radius 2 is 1.69 bits per heavy atom. The van der Waals surface area contributed by atoms with Crippen molar-refractivity contribution in [2.24, 2.45) is 0 Å². The maximum Gasteiger partial charge on any atom is 0.230 e. The van der Waals surface area contributed by atoms with E-state index in [9.17, 15) is 14.0 Å². The fourth-order valence-corrected chi connectivity index (χ4v) is 4.49. The molecule has 2 heterocycles. The Morgan fingerprint density at radius 1 is 0.889 bits per heavy atom. The van der Waals surface area contributed by atoms with Crippen LogP contribution in [-0.2, 0) is 28.9 Å². The number of unbranched alkanes of at least 4 members (excludes halogenated alkanes) is 1. The molecule has 8 nitrogen and oxygen atoms in total. The van der Waals surface area contributed by atoms with Crippen molar-refractivity contribution >= 4 is 34.1 Å². The van der Waals surface area contributed by atoms with Crippen LogP contribution < -0.4 is 10.6 Å². The summed E-state index contributed by atoms with van der Waals surface area (Å²) in [5.41, 5.74) is 2.19. The molecule has 36 heavy (non-hydrogen) atoms. The maximum atomic E-state index is 13.8. The summed E-state index contributed by atoms with van der Waals surface area (Å²) in [5.74, 6) is -0.314. The normalized spacial score (nSPS) is 13.0. The van der Waals surface area contributed by atoms with E-state index in [1.807, 2.05) is 42.5 Å². The van der Waals surface area contributed by atoms with Gasteiger partial charge in [-0.2, -0.15) is 5.10 Å². The Bertz CT molecular complexity index is 1240. The lowest BCUT2D eigenvalue weighted by Crippen LogP contribution is -2.14. The van der Waals surface area contributed by atoms with Crippen molar-refractivity contribution in [2.45, 2.75) is 51.4 Å². The highest BCUT2D eigenvalue weighted by molar-refractivity contribution is 7.15. The van der Waals surface area contributed by atoms with Gasteiger partial charge < -0.3 is 10.6 Å². The molecule has 0 radical (unpaired) electrons. The number of aromatic nitrogens is 4. The third-order valence-electron chi connectivity index (χ3n) is 5.53. The Kier molecular flexibility index (Phi) is 8.98. The van der Waals surface area contributed by atoms with Crippen LogP contribution in [0.25, 0.3) is 0 Å². The van der Waals surface area contributed by atoms with Crippen molar-refractivity contribution in [3.8, 4) is 0 Å². The monoisotopic (exact) mass is 506 g/mol. The number of nitrogens with one attached hydrogen (secondary N) is 2. The van der Waals surface area contributed by atoms with Crippen molar-refractivity contribution in [3.63, 3.8) is 0 Å². The van der Waals surface area contributed by atoms with Gasteiger partial charge >= 0.3 is 0 Å². The fourth-order valence-electron chi connectivity index (χ4n) is 3.69. The van der Waals surface area contributed by atoms with Crippen molar-refractivity contribution in [1.82, 2.24) is 20.4 Å². The number of amides is 2. The van der Waals surface area contributed by atoms with Gasteiger partial charge in [0.15, 0.2) is 5.82 Å². The lowest BCUT2D eigenvalue weighted by Gasteiger charge is -2.09. The Morgan fingerprint density at radius 3 is 2.47 bits per heavy atom. The van der Waals surface area contributed by atoms with Crippen LogP contribution in [0.2, 0.25) is 0 Å². The van der Waals surface area contributed by atoms with Gasteiger partial charge in [0.05, 0.1) is 18.5 Å². The van der Waals surface area contributed by atoms with E-state index < -0.39 is 0 Å². The van der Waals surface area contributed by atoms with Gasteiger partial charge in [-0.15, -0.1) is 15.3 Å². The summed E-state index contributed by atoms with van der Waals surface area (Å²) in [6.45, 7) is 0. The predicted octanol–water partition coefficient (Wildman–Crippen LogP) is 4.98. The van der Waals surface area contributed by atoms with E-state index in [-0.39, 0.29) is 24.1 Å². The van der Waals surface area contributed by atoms with E-state index in [4.69, 9.17) is 0 Å². The highest BCUT2D eigenvalue weighted by atomic mass is 32.1. The second kappa shape index (κ2) is 12.8. The summed E-state index contributed by atoms with van der Waals surface area (Å²) >= 11 is 1.38. The van der Waals surface area contributed by atoms with Crippen LogP contribution in [0.5, 0.6) is 0 Å². The molecule has 1 aliphatic carbocycles. The molecule has 4 rings (SSSR count). The number of benzene rings is 1. The lowest BCUT2D eigenvalue weighted by atomic mass is 10.0. The smallest absolute Gasteiger partial charge is 0.230 e. The van der Waals surface area contributed by atoms with Gasteiger partial charge in [-0.25, -0.2) is 4.39 Å². The number of hydrogen-bond donors (Lipinski definition) is 2. The summed E-state index contributed by atoms with van der Waals surface area (Å²) in [4.78, 5) is 24.3. The van der Waals surface area contributed by atoms with Crippen LogP contribution in [0.15, 0.2) is 66.0 Å². The van der Waals surface area contributed by atoms with E-state index in [1.54, 1.807) is 12.1 Å². The van der Waals surface area contributed by atoms with Gasteiger partial charge in [0.2, 0.25) is 16.9 Å². The largest absolute Gasteiger partial charge is 0.309 e. The van der Waals surface area contributed by atoms with E-state index in [1.165, 1.54) is 11.3 Å². The second-order valence-corrected chi connectivity index (χ2v) is 9.49. The van der Waals surface area contributed by atoms with Gasteiger partial charge in [-0.3, -0.25) is 9.59 Å². The van der Waals surface area contributed by atoms with Crippen molar-refractivity contribution in [1.29, 1.82) is 0 Å². The maximum absolute atomic E-state index is 13.8. The molecule has 3 aromatic rings. The molecular formula is C26H27FN6O2S. The van der Waals surface area contributed by atoms with Crippen LogP contribution >= 0.6 is 11.3 Å². The molecule has 0 atom stereocenters. The van der Waals surface area contributed by atoms with Crippen molar-refractivity contribution < 1.29 is 14.0 Å². The molecule has 1 aromatic carbocycles. The Hall–Kier alpha value is -3.79. The molecule has 1 aliphatic rings. The van der Waals surface area contributed by atoms with Crippen LogP contribution in [0, 0.1) is 0 Å². The first-order valence-corrected chi connectivity index (χ1v) is 12.7. The number of allylic oxidation sites excluding steroid dienone is 3. The third-order valence-corrected chi connectivity index (χ3v) is 6.43. The van der Waals surface area contributed by atoms with Crippen LogP contribution in [0.3, 0.4) is 0 Å². The molecule has 0 saturated heterocycles. The molecule has 0 bridgehead atoms. The van der Waals surface area contributed by atoms with Crippen molar-refractivity contribution in [3.05, 3.63) is 82.3 Å². The SMILES string of the molecule is O=C(CC1=C(F)CCC=C1)Nc1ccc(CCCCc2nnc(NC(=O)Cc3ccccc3)s2)nn1. The first kappa shape index (κ1) is 25.3. The van der Waals surface area contributed by atoms with Gasteiger partial charge in [0, 0.05) is 12.8 Å². The summed E-state index contributed by atoms with van der Waals surface area (Å²) in [6, 6.07) is 13.1. The molecule has 0 aliphatic heterocycles. The van der Waals surface area contributed by atoms with E-state index in [2.05, 4.69) is 31.0 Å². The average molecular weight is 507 g/mol. The number of anilines is 2. The zero-order valence-electron chi connectivity index (χ0n) is 19.7. The molecule has 0 saturated carbocycles. The number of rotatable bonds is 11. The third kappa shape index (κ3) is 7.88. The van der Waals surface area contributed by atoms with Crippen LogP contribution in [0.1, 0.15) is 48.4 Å². The lowest BCUT2D eigenvalue weighted by molar-refractivity contribution is -0.116. The van der Waals surface area contributed by atoms with Gasteiger partial charge in [-0.05, 0) is 49.0 Å².